The Morgan fingerprint density at radius 3 is 2.55 bits per heavy atom. The maximum atomic E-state index is 12.6. The van der Waals surface area contributed by atoms with E-state index in [4.69, 9.17) is 4.74 Å². The predicted molar refractivity (Wildman–Crippen MR) is 109 cm³/mol. The number of nitrogens with one attached hydrogen (secondary N) is 2. The molecule has 0 aromatic carbocycles. The lowest BCUT2D eigenvalue weighted by Crippen LogP contribution is -2.21. The number of hydrogen-bond donors (Lipinski definition) is 2. The standard InChI is InChI=1S/C16H18BrN5O6S/c1-5-6-28-16(25)8-7(2)11(15(24)21(3)4)29-14(8)18-13(23)10-9(17)12(20-19-10)22(26)27/h5-6H2,1-4H3,(H,18,23)(H,19,20). The molecular formula is C16H18BrN5O6S. The van der Waals surface area contributed by atoms with Crippen molar-refractivity contribution in [1.29, 1.82) is 0 Å². The van der Waals surface area contributed by atoms with Gasteiger partial charge in [0.05, 0.1) is 17.0 Å². The Labute approximate surface area is 177 Å². The first kappa shape index (κ1) is 22.5. The number of halogens is 1. The zero-order valence-corrected chi connectivity index (χ0v) is 18.4. The summed E-state index contributed by atoms with van der Waals surface area (Å²) in [4.78, 5) is 49.3. The lowest BCUT2D eigenvalue weighted by molar-refractivity contribution is -0.390. The first-order chi connectivity index (χ1) is 13.6. The van der Waals surface area contributed by atoms with Crippen LogP contribution in [-0.2, 0) is 4.74 Å². The van der Waals surface area contributed by atoms with Gasteiger partial charge in [0.25, 0.3) is 11.8 Å². The summed E-state index contributed by atoms with van der Waals surface area (Å²) in [6.07, 6.45) is 0.601. The van der Waals surface area contributed by atoms with Crippen LogP contribution in [0.25, 0.3) is 0 Å². The summed E-state index contributed by atoms with van der Waals surface area (Å²) in [7, 11) is 3.13. The number of anilines is 1. The van der Waals surface area contributed by atoms with Gasteiger partial charge in [-0.1, -0.05) is 12.0 Å². The largest absolute Gasteiger partial charge is 0.462 e. The van der Waals surface area contributed by atoms with Gasteiger partial charge in [0, 0.05) is 14.1 Å². The molecule has 2 amide bonds. The molecule has 0 saturated heterocycles. The molecule has 156 valence electrons. The number of amides is 2. The maximum absolute atomic E-state index is 12.6. The highest BCUT2D eigenvalue weighted by molar-refractivity contribution is 9.10. The fourth-order valence-electron chi connectivity index (χ4n) is 2.27. The van der Waals surface area contributed by atoms with Crippen molar-refractivity contribution in [2.45, 2.75) is 20.3 Å². The minimum atomic E-state index is -0.795. The highest BCUT2D eigenvalue weighted by Crippen LogP contribution is 2.35. The fourth-order valence-corrected chi connectivity index (χ4v) is 3.99. The molecule has 0 saturated carbocycles. The monoisotopic (exact) mass is 487 g/mol. The minimum Gasteiger partial charge on any atom is -0.462 e. The van der Waals surface area contributed by atoms with Crippen LogP contribution in [-0.4, -0.2) is 58.5 Å². The van der Waals surface area contributed by atoms with Crippen LogP contribution in [0, 0.1) is 17.0 Å². The molecule has 0 aliphatic rings. The Bertz CT molecular complexity index is 983. The lowest BCUT2D eigenvalue weighted by atomic mass is 10.1. The number of carbonyl (C=O) groups is 3. The number of rotatable bonds is 7. The molecule has 13 heteroatoms. The molecule has 0 aliphatic carbocycles. The van der Waals surface area contributed by atoms with Crippen LogP contribution < -0.4 is 5.32 Å². The second-order valence-corrected chi connectivity index (χ2v) is 7.86. The molecule has 0 atom stereocenters. The van der Waals surface area contributed by atoms with Gasteiger partial charge in [0.1, 0.15) is 9.47 Å². The molecule has 0 radical (unpaired) electrons. The summed E-state index contributed by atoms with van der Waals surface area (Å²) >= 11 is 3.88. The zero-order valence-electron chi connectivity index (χ0n) is 16.0. The van der Waals surface area contributed by atoms with Crippen LogP contribution in [0.2, 0.25) is 0 Å². The minimum absolute atomic E-state index is 0.0585. The lowest BCUT2D eigenvalue weighted by Gasteiger charge is -2.09. The first-order valence-corrected chi connectivity index (χ1v) is 9.92. The van der Waals surface area contributed by atoms with Crippen molar-refractivity contribution in [2.75, 3.05) is 26.0 Å². The van der Waals surface area contributed by atoms with Crippen molar-refractivity contribution in [1.82, 2.24) is 15.1 Å². The van der Waals surface area contributed by atoms with Gasteiger partial charge in [0.2, 0.25) is 0 Å². The average Bonchev–Trinajstić information content (AvgIpc) is 3.19. The Balaban J connectivity index is 2.46. The van der Waals surface area contributed by atoms with Crippen LogP contribution >= 0.6 is 27.3 Å². The molecular weight excluding hydrogens is 470 g/mol. The predicted octanol–water partition coefficient (Wildman–Crippen LogP) is 2.97. The molecule has 0 spiro atoms. The van der Waals surface area contributed by atoms with E-state index in [9.17, 15) is 24.5 Å². The molecule has 11 nitrogen and oxygen atoms in total. The average molecular weight is 488 g/mol. The van der Waals surface area contributed by atoms with Gasteiger partial charge >= 0.3 is 11.8 Å². The van der Waals surface area contributed by atoms with E-state index in [2.05, 4.69) is 31.4 Å². The van der Waals surface area contributed by atoms with Gasteiger partial charge in [-0.25, -0.2) is 4.79 Å². The van der Waals surface area contributed by atoms with E-state index in [0.717, 1.165) is 11.3 Å². The van der Waals surface area contributed by atoms with Crippen molar-refractivity contribution in [2.24, 2.45) is 0 Å². The SMILES string of the molecule is CCCOC(=O)c1c(NC(=O)c2n[nH]c([N+](=O)[O-])c2Br)sc(C(=O)N(C)C)c1C. The van der Waals surface area contributed by atoms with Crippen LogP contribution in [0.4, 0.5) is 10.8 Å². The number of thiophene rings is 1. The third-order valence-corrected chi connectivity index (χ3v) is 5.65. The first-order valence-electron chi connectivity index (χ1n) is 8.31. The molecule has 2 aromatic rings. The molecule has 0 unspecified atom stereocenters. The number of H-pyrrole nitrogens is 1. The summed E-state index contributed by atoms with van der Waals surface area (Å²) in [5.41, 5.74) is 0.163. The van der Waals surface area contributed by atoms with Crippen molar-refractivity contribution in [3.05, 3.63) is 36.3 Å². The molecule has 2 N–H and O–H groups in total. The number of aromatic amines is 1. The molecule has 0 aliphatic heterocycles. The van der Waals surface area contributed by atoms with E-state index in [1.165, 1.54) is 4.90 Å². The fraction of sp³-hybridized carbons (Fsp3) is 0.375. The van der Waals surface area contributed by atoms with E-state index in [1.807, 2.05) is 6.92 Å². The second-order valence-electron chi connectivity index (χ2n) is 6.04. The zero-order chi connectivity index (χ0) is 21.9. The number of carbonyl (C=O) groups excluding carboxylic acids is 3. The number of hydrogen-bond acceptors (Lipinski definition) is 8. The second kappa shape index (κ2) is 9.13. The van der Waals surface area contributed by atoms with Gasteiger partial charge < -0.3 is 25.1 Å². The van der Waals surface area contributed by atoms with Gasteiger partial charge in [-0.3, -0.25) is 9.59 Å². The van der Waals surface area contributed by atoms with E-state index in [1.54, 1.807) is 21.0 Å². The summed E-state index contributed by atoms with van der Waals surface area (Å²) in [5.74, 6) is -2.30. The molecule has 2 aromatic heterocycles. The number of ether oxygens (including phenoxy) is 1. The van der Waals surface area contributed by atoms with E-state index in [0.29, 0.717) is 12.0 Å². The Kier molecular flexibility index (Phi) is 7.08. The van der Waals surface area contributed by atoms with E-state index < -0.39 is 22.6 Å². The number of nitrogens with zero attached hydrogens (tertiary/aromatic N) is 3. The summed E-state index contributed by atoms with van der Waals surface area (Å²) in [6.45, 7) is 3.59. The maximum Gasteiger partial charge on any atom is 0.357 e. The summed E-state index contributed by atoms with van der Waals surface area (Å²) in [6, 6.07) is 0. The van der Waals surface area contributed by atoms with E-state index in [-0.39, 0.29) is 38.1 Å². The van der Waals surface area contributed by atoms with Gasteiger partial charge in [-0.15, -0.1) is 16.4 Å². The Morgan fingerprint density at radius 2 is 2.03 bits per heavy atom. The van der Waals surface area contributed by atoms with Crippen molar-refractivity contribution >= 4 is 55.9 Å². The quantitative estimate of drug-likeness (QED) is 0.346. The van der Waals surface area contributed by atoms with E-state index >= 15 is 0 Å². The highest BCUT2D eigenvalue weighted by atomic mass is 79.9. The molecule has 0 fully saturated rings. The van der Waals surface area contributed by atoms with Crippen LogP contribution in [0.1, 0.15) is 49.4 Å². The topological polar surface area (TPSA) is 148 Å². The third-order valence-electron chi connectivity index (χ3n) is 3.70. The smallest absolute Gasteiger partial charge is 0.357 e. The third kappa shape index (κ3) is 4.62. The van der Waals surface area contributed by atoms with Crippen molar-refractivity contribution in [3.8, 4) is 0 Å². The number of esters is 1. The number of nitro groups is 1. The van der Waals surface area contributed by atoms with Crippen LogP contribution in [0.15, 0.2) is 4.47 Å². The van der Waals surface area contributed by atoms with Gasteiger partial charge in [-0.05, 0) is 39.8 Å². The van der Waals surface area contributed by atoms with Gasteiger partial charge in [0.15, 0.2) is 5.69 Å². The summed E-state index contributed by atoms with van der Waals surface area (Å²) < 4.78 is 5.04. The van der Waals surface area contributed by atoms with Crippen LogP contribution in [0.5, 0.6) is 0 Å². The Morgan fingerprint density at radius 1 is 1.38 bits per heavy atom. The highest BCUT2D eigenvalue weighted by Gasteiger charge is 2.30. The molecule has 2 heterocycles. The Hall–Kier alpha value is -2.80. The van der Waals surface area contributed by atoms with Crippen molar-refractivity contribution in [3.63, 3.8) is 0 Å². The van der Waals surface area contributed by atoms with Crippen molar-refractivity contribution < 1.29 is 24.0 Å². The molecule has 0 bridgehead atoms. The number of aromatic nitrogens is 2. The van der Waals surface area contributed by atoms with Crippen LogP contribution in [0.3, 0.4) is 0 Å². The normalized spacial score (nSPS) is 10.5. The molecule has 29 heavy (non-hydrogen) atoms. The molecule has 2 rings (SSSR count). The van der Waals surface area contributed by atoms with Gasteiger partial charge in [-0.2, -0.15) is 0 Å². The summed E-state index contributed by atoms with van der Waals surface area (Å²) in [5, 5.41) is 19.3.